The molecule has 164 valence electrons. The largest absolute Gasteiger partial charge is 0.505 e. The minimum Gasteiger partial charge on any atom is -0.505 e. The Hall–Kier alpha value is -4.26. The zero-order valence-corrected chi connectivity index (χ0v) is 19.0. The van der Waals surface area contributed by atoms with E-state index >= 15 is 0 Å². The third-order valence-electron chi connectivity index (χ3n) is 5.35. The second-order valence-electron chi connectivity index (χ2n) is 7.78. The van der Waals surface area contributed by atoms with Crippen molar-refractivity contribution in [3.63, 3.8) is 0 Å². The Morgan fingerprint density at radius 3 is 1.48 bits per heavy atom. The molecule has 0 bridgehead atoms. The summed E-state index contributed by atoms with van der Waals surface area (Å²) in [6.45, 7) is 6.01. The number of hydrogen-bond donors (Lipinski definition) is 1. The number of azo groups is 3. The van der Waals surface area contributed by atoms with E-state index in [1.165, 1.54) is 5.56 Å². The van der Waals surface area contributed by atoms with Gasteiger partial charge in [-0.25, -0.2) is 0 Å². The second kappa shape index (κ2) is 9.48. The van der Waals surface area contributed by atoms with Crippen LogP contribution in [0.15, 0.2) is 97.4 Å². The number of benzene rings is 4. The van der Waals surface area contributed by atoms with Crippen LogP contribution in [0, 0.1) is 20.8 Å². The smallest absolute Gasteiger partial charge is 0.151 e. The third-order valence-corrected chi connectivity index (χ3v) is 5.35. The lowest BCUT2D eigenvalue weighted by Gasteiger charge is -2.10. The van der Waals surface area contributed by atoms with Crippen LogP contribution in [0.1, 0.15) is 16.7 Å². The minimum atomic E-state index is 0.147. The molecule has 0 saturated carbocycles. The number of aromatic hydroxyl groups is 1. The number of hydrogen-bond acceptors (Lipinski definition) is 7. The summed E-state index contributed by atoms with van der Waals surface area (Å²) in [5.41, 5.74) is 6.49. The van der Waals surface area contributed by atoms with Crippen molar-refractivity contribution in [2.24, 2.45) is 30.7 Å². The molecule has 0 aliphatic rings. The monoisotopic (exact) mass is 436 g/mol. The molecule has 0 unspecified atom stereocenters. The summed E-state index contributed by atoms with van der Waals surface area (Å²) in [6, 6.07) is 20.7. The molecule has 0 aromatic heterocycles. The molecule has 0 heterocycles. The molecule has 7 nitrogen and oxygen atoms in total. The fourth-order valence-electron chi connectivity index (χ4n) is 3.42. The van der Waals surface area contributed by atoms with Gasteiger partial charge in [0.15, 0.2) is 5.75 Å². The van der Waals surface area contributed by atoms with E-state index in [0.717, 1.165) is 33.3 Å². The van der Waals surface area contributed by atoms with Gasteiger partial charge in [-0.05, 0) is 104 Å². The van der Waals surface area contributed by atoms with Gasteiger partial charge in [-0.3, -0.25) is 0 Å². The first kappa shape index (κ1) is 22.0. The van der Waals surface area contributed by atoms with Crippen molar-refractivity contribution in [1.29, 1.82) is 0 Å². The van der Waals surface area contributed by atoms with Gasteiger partial charge < -0.3 is 5.11 Å². The Labute approximate surface area is 192 Å². The molecule has 0 aliphatic heterocycles. The van der Waals surface area contributed by atoms with Crippen molar-refractivity contribution in [1.82, 2.24) is 0 Å². The maximum absolute atomic E-state index is 10.8. The van der Waals surface area contributed by atoms with Crippen molar-refractivity contribution < 1.29 is 5.11 Å². The lowest BCUT2D eigenvalue weighted by atomic mass is 9.99. The van der Waals surface area contributed by atoms with Crippen molar-refractivity contribution in [3.05, 3.63) is 83.4 Å². The predicted octanol–water partition coefficient (Wildman–Crippen LogP) is 9.01. The highest BCUT2D eigenvalue weighted by atomic mass is 16.3. The van der Waals surface area contributed by atoms with Crippen molar-refractivity contribution in [2.75, 3.05) is 7.05 Å². The highest BCUT2D eigenvalue weighted by Gasteiger charge is 2.11. The van der Waals surface area contributed by atoms with E-state index in [2.05, 4.69) is 43.7 Å². The standard InChI is InChI=1S/C26H24N6O/c1-16-13-19-14-18(3)25(26(33)24(19)15-17(16)2)32-31-23-11-9-22(10-12-23)30-29-21-7-5-20(6-8-21)28-27-4/h5-15,33H,1-4H3. The molecule has 0 fully saturated rings. The second-order valence-corrected chi connectivity index (χ2v) is 7.78. The third kappa shape index (κ3) is 4.98. The Morgan fingerprint density at radius 1 is 0.545 bits per heavy atom. The van der Waals surface area contributed by atoms with Gasteiger partial charge in [-0.15, -0.1) is 5.11 Å². The molecule has 0 aliphatic carbocycles. The molecule has 33 heavy (non-hydrogen) atoms. The predicted molar refractivity (Wildman–Crippen MR) is 131 cm³/mol. The van der Waals surface area contributed by atoms with Gasteiger partial charge >= 0.3 is 0 Å². The maximum atomic E-state index is 10.8. The molecule has 4 aromatic carbocycles. The van der Waals surface area contributed by atoms with Crippen molar-refractivity contribution >= 4 is 39.2 Å². The van der Waals surface area contributed by atoms with Crippen molar-refractivity contribution in [2.45, 2.75) is 20.8 Å². The molecule has 7 heteroatoms. The topological polar surface area (TPSA) is 94.4 Å². The first-order chi connectivity index (χ1) is 15.9. The minimum absolute atomic E-state index is 0.147. The van der Waals surface area contributed by atoms with Crippen LogP contribution < -0.4 is 0 Å². The van der Waals surface area contributed by atoms with E-state index in [1.807, 2.05) is 74.5 Å². The Balaban J connectivity index is 1.52. The highest BCUT2D eigenvalue weighted by Crippen LogP contribution is 2.39. The molecular weight excluding hydrogens is 412 g/mol. The molecule has 4 rings (SSSR count). The normalized spacial score (nSPS) is 12.0. The summed E-state index contributed by atoms with van der Waals surface area (Å²) in [5, 5.41) is 37.4. The Morgan fingerprint density at radius 2 is 0.970 bits per heavy atom. The average Bonchev–Trinajstić information content (AvgIpc) is 2.81. The number of nitrogens with zero attached hydrogens (tertiary/aromatic N) is 6. The van der Waals surface area contributed by atoms with E-state index in [0.29, 0.717) is 17.1 Å². The fourth-order valence-corrected chi connectivity index (χ4v) is 3.42. The Bertz CT molecular complexity index is 1390. The first-order valence-electron chi connectivity index (χ1n) is 10.5. The lowest BCUT2D eigenvalue weighted by Crippen LogP contribution is -1.85. The van der Waals surface area contributed by atoms with Gasteiger partial charge in [0, 0.05) is 12.4 Å². The van der Waals surface area contributed by atoms with Gasteiger partial charge in [0.05, 0.1) is 22.7 Å². The van der Waals surface area contributed by atoms with Crippen LogP contribution in [0.2, 0.25) is 0 Å². The molecule has 0 saturated heterocycles. The van der Waals surface area contributed by atoms with E-state index in [4.69, 9.17) is 0 Å². The van der Waals surface area contributed by atoms with Crippen LogP contribution in [0.4, 0.5) is 28.4 Å². The quantitative estimate of drug-likeness (QED) is 0.310. The van der Waals surface area contributed by atoms with E-state index < -0.39 is 0 Å². The van der Waals surface area contributed by atoms with Crippen LogP contribution in [-0.4, -0.2) is 12.2 Å². The van der Waals surface area contributed by atoms with E-state index in [-0.39, 0.29) is 5.75 Å². The van der Waals surface area contributed by atoms with Crippen LogP contribution >= 0.6 is 0 Å². The molecule has 0 spiro atoms. The summed E-state index contributed by atoms with van der Waals surface area (Å²) in [6.07, 6.45) is 0. The molecule has 1 N–H and O–H groups in total. The maximum Gasteiger partial charge on any atom is 0.151 e. The molecule has 0 amide bonds. The number of fused-ring (bicyclic) bond motifs is 1. The number of phenolic OH excluding ortho intramolecular Hbond substituents is 1. The van der Waals surface area contributed by atoms with Gasteiger partial charge in [-0.1, -0.05) is 6.07 Å². The number of phenols is 1. The van der Waals surface area contributed by atoms with E-state index in [9.17, 15) is 5.11 Å². The number of aryl methyl sites for hydroxylation is 3. The van der Waals surface area contributed by atoms with Crippen LogP contribution in [0.25, 0.3) is 10.8 Å². The fraction of sp³-hybridized carbons (Fsp3) is 0.154. The van der Waals surface area contributed by atoms with E-state index in [1.54, 1.807) is 7.05 Å². The summed E-state index contributed by atoms with van der Waals surface area (Å²) in [5.74, 6) is 0.147. The van der Waals surface area contributed by atoms with Gasteiger partial charge in [0.25, 0.3) is 0 Å². The average molecular weight is 437 g/mol. The lowest BCUT2D eigenvalue weighted by molar-refractivity contribution is 0.482. The number of rotatable bonds is 5. The zero-order valence-electron chi connectivity index (χ0n) is 19.0. The van der Waals surface area contributed by atoms with Crippen LogP contribution in [0.5, 0.6) is 5.75 Å². The molecule has 0 radical (unpaired) electrons. The zero-order chi connectivity index (χ0) is 23.4. The SMILES string of the molecule is CN=Nc1ccc(N=Nc2ccc(N=Nc3c(C)cc4cc(C)c(C)cc4c3O)cc2)cc1. The first-order valence-corrected chi connectivity index (χ1v) is 10.5. The molecular formula is C26H24N6O. The summed E-state index contributed by atoms with van der Waals surface area (Å²) in [7, 11) is 1.63. The van der Waals surface area contributed by atoms with Crippen LogP contribution in [0.3, 0.4) is 0 Å². The van der Waals surface area contributed by atoms with Gasteiger partial charge in [0.1, 0.15) is 5.69 Å². The van der Waals surface area contributed by atoms with Gasteiger partial charge in [-0.2, -0.15) is 25.6 Å². The summed E-state index contributed by atoms with van der Waals surface area (Å²) >= 11 is 0. The summed E-state index contributed by atoms with van der Waals surface area (Å²) in [4.78, 5) is 0. The molecule has 4 aromatic rings. The van der Waals surface area contributed by atoms with Gasteiger partial charge in [0.2, 0.25) is 0 Å². The van der Waals surface area contributed by atoms with Crippen molar-refractivity contribution in [3.8, 4) is 5.75 Å². The molecule has 0 atom stereocenters. The Kier molecular flexibility index (Phi) is 6.31. The highest BCUT2D eigenvalue weighted by molar-refractivity contribution is 5.94. The summed E-state index contributed by atoms with van der Waals surface area (Å²) < 4.78 is 0. The van der Waals surface area contributed by atoms with Crippen LogP contribution in [-0.2, 0) is 0 Å².